The lowest BCUT2D eigenvalue weighted by Gasteiger charge is -2.34. The number of amides is 2. The van der Waals surface area contributed by atoms with Gasteiger partial charge < -0.3 is 9.80 Å². The third-order valence-corrected chi connectivity index (χ3v) is 8.21. The van der Waals surface area contributed by atoms with Crippen LogP contribution in [0.2, 0.25) is 0 Å². The molecule has 2 aliphatic heterocycles. The van der Waals surface area contributed by atoms with E-state index in [0.29, 0.717) is 50.5 Å². The van der Waals surface area contributed by atoms with E-state index in [1.165, 1.54) is 16.3 Å². The second-order valence-corrected chi connectivity index (χ2v) is 10.1. The molecular formula is C21H29N3O4S. The van der Waals surface area contributed by atoms with Crippen molar-refractivity contribution in [3.05, 3.63) is 29.3 Å². The number of likely N-dealkylation sites (tertiary alicyclic amines) is 1. The van der Waals surface area contributed by atoms with Crippen molar-refractivity contribution in [2.24, 2.45) is 0 Å². The minimum absolute atomic E-state index is 0.00414. The van der Waals surface area contributed by atoms with Crippen molar-refractivity contribution in [2.75, 3.05) is 39.3 Å². The fraction of sp³-hybridized carbons (Fsp3) is 0.619. The second-order valence-electron chi connectivity index (χ2n) is 8.16. The molecule has 7 nitrogen and oxygen atoms in total. The minimum atomic E-state index is -3.53. The number of carbonyl (C=O) groups is 2. The van der Waals surface area contributed by atoms with Crippen LogP contribution in [0.1, 0.15) is 43.2 Å². The summed E-state index contributed by atoms with van der Waals surface area (Å²) < 4.78 is 27.6. The van der Waals surface area contributed by atoms with E-state index in [4.69, 9.17) is 0 Å². The standard InChI is InChI=1S/C21H29N3O4S/c25-20-6-3-10-22(20)11-9-21(26)23-12-14-24(15-13-23)29(27,28)19-8-7-17-4-1-2-5-18(17)16-19/h7-8,16H,1-6,9-15H2. The van der Waals surface area contributed by atoms with Crippen LogP contribution in [0.15, 0.2) is 23.1 Å². The molecule has 2 amide bonds. The van der Waals surface area contributed by atoms with Crippen molar-refractivity contribution in [2.45, 2.75) is 49.8 Å². The van der Waals surface area contributed by atoms with E-state index in [0.717, 1.165) is 37.8 Å². The molecule has 1 aliphatic carbocycles. The monoisotopic (exact) mass is 419 g/mol. The Balaban J connectivity index is 1.33. The number of carbonyl (C=O) groups excluding carboxylic acids is 2. The van der Waals surface area contributed by atoms with Gasteiger partial charge in [-0.3, -0.25) is 9.59 Å². The van der Waals surface area contributed by atoms with Gasteiger partial charge in [-0.25, -0.2) is 8.42 Å². The highest BCUT2D eigenvalue weighted by molar-refractivity contribution is 7.89. The van der Waals surface area contributed by atoms with Crippen LogP contribution in [-0.4, -0.2) is 73.6 Å². The van der Waals surface area contributed by atoms with Crippen LogP contribution in [0, 0.1) is 0 Å². The van der Waals surface area contributed by atoms with Crippen LogP contribution in [0.5, 0.6) is 0 Å². The lowest BCUT2D eigenvalue weighted by atomic mass is 9.92. The maximum Gasteiger partial charge on any atom is 0.243 e. The zero-order valence-electron chi connectivity index (χ0n) is 16.8. The van der Waals surface area contributed by atoms with Gasteiger partial charge in [0.25, 0.3) is 0 Å². The maximum atomic E-state index is 13.1. The second kappa shape index (κ2) is 8.44. The zero-order valence-corrected chi connectivity index (χ0v) is 17.6. The van der Waals surface area contributed by atoms with Crippen molar-refractivity contribution in [1.82, 2.24) is 14.1 Å². The Hall–Kier alpha value is -1.93. The van der Waals surface area contributed by atoms with Crippen LogP contribution in [0.25, 0.3) is 0 Å². The topological polar surface area (TPSA) is 78.0 Å². The minimum Gasteiger partial charge on any atom is -0.342 e. The van der Waals surface area contributed by atoms with E-state index in [-0.39, 0.29) is 11.8 Å². The lowest BCUT2D eigenvalue weighted by molar-refractivity contribution is -0.133. The Kier molecular flexibility index (Phi) is 5.92. The lowest BCUT2D eigenvalue weighted by Crippen LogP contribution is -2.50. The molecule has 1 aromatic carbocycles. The van der Waals surface area contributed by atoms with Gasteiger partial charge in [0.2, 0.25) is 21.8 Å². The van der Waals surface area contributed by atoms with Crippen molar-refractivity contribution >= 4 is 21.8 Å². The molecule has 1 aromatic rings. The largest absolute Gasteiger partial charge is 0.342 e. The molecule has 0 radical (unpaired) electrons. The fourth-order valence-corrected chi connectivity index (χ4v) is 6.00. The highest BCUT2D eigenvalue weighted by atomic mass is 32.2. The third-order valence-electron chi connectivity index (χ3n) is 6.32. The average molecular weight is 420 g/mol. The van der Waals surface area contributed by atoms with Gasteiger partial charge in [-0.1, -0.05) is 6.07 Å². The van der Waals surface area contributed by atoms with Crippen LogP contribution < -0.4 is 0 Å². The summed E-state index contributed by atoms with van der Waals surface area (Å²) in [5, 5.41) is 0. The molecule has 8 heteroatoms. The third kappa shape index (κ3) is 4.33. The molecule has 2 fully saturated rings. The molecule has 2 heterocycles. The number of rotatable bonds is 5. The highest BCUT2D eigenvalue weighted by Gasteiger charge is 2.31. The molecule has 0 bridgehead atoms. The van der Waals surface area contributed by atoms with Crippen molar-refractivity contribution < 1.29 is 18.0 Å². The number of sulfonamides is 1. The van der Waals surface area contributed by atoms with Gasteiger partial charge in [0.05, 0.1) is 4.90 Å². The molecule has 0 aromatic heterocycles. The molecule has 4 rings (SSSR count). The Bertz CT molecular complexity index is 891. The predicted octanol–water partition coefficient (Wildman–Crippen LogP) is 1.41. The number of benzene rings is 1. The molecule has 0 N–H and O–H groups in total. The summed E-state index contributed by atoms with van der Waals surface area (Å²) in [7, 11) is -3.53. The van der Waals surface area contributed by atoms with Crippen LogP contribution in [-0.2, 0) is 32.5 Å². The summed E-state index contributed by atoms with van der Waals surface area (Å²) in [6.45, 7) is 2.62. The number of aryl methyl sites for hydroxylation is 2. The average Bonchev–Trinajstić information content (AvgIpc) is 3.16. The van der Waals surface area contributed by atoms with Crippen LogP contribution >= 0.6 is 0 Å². The van der Waals surface area contributed by atoms with Gasteiger partial charge in [-0.05, 0) is 55.4 Å². The quantitative estimate of drug-likeness (QED) is 0.723. The van der Waals surface area contributed by atoms with E-state index < -0.39 is 10.0 Å². The Morgan fingerprint density at radius 1 is 0.897 bits per heavy atom. The first-order valence-electron chi connectivity index (χ1n) is 10.6. The predicted molar refractivity (Wildman–Crippen MR) is 109 cm³/mol. The van der Waals surface area contributed by atoms with Gasteiger partial charge in [-0.15, -0.1) is 0 Å². The summed E-state index contributed by atoms with van der Waals surface area (Å²) in [4.78, 5) is 28.0. The van der Waals surface area contributed by atoms with Gasteiger partial charge in [0.1, 0.15) is 0 Å². The van der Waals surface area contributed by atoms with Crippen molar-refractivity contribution in [1.29, 1.82) is 0 Å². The summed E-state index contributed by atoms with van der Waals surface area (Å²) >= 11 is 0. The summed E-state index contributed by atoms with van der Waals surface area (Å²) in [6.07, 6.45) is 6.00. The fourth-order valence-electron chi connectivity index (χ4n) is 4.53. The smallest absolute Gasteiger partial charge is 0.243 e. The molecule has 0 unspecified atom stereocenters. The summed E-state index contributed by atoms with van der Waals surface area (Å²) in [5.74, 6) is 0.120. The molecule has 29 heavy (non-hydrogen) atoms. The Labute approximate surface area is 172 Å². The normalized spacial score (nSPS) is 20.8. The van der Waals surface area contributed by atoms with E-state index >= 15 is 0 Å². The Morgan fingerprint density at radius 3 is 2.31 bits per heavy atom. The maximum absolute atomic E-state index is 13.1. The molecule has 158 valence electrons. The first kappa shape index (κ1) is 20.3. The summed E-state index contributed by atoms with van der Waals surface area (Å²) in [6, 6.07) is 5.53. The molecule has 3 aliphatic rings. The molecule has 0 spiro atoms. The number of nitrogens with zero attached hydrogens (tertiary/aromatic N) is 3. The molecule has 2 saturated heterocycles. The number of piperazine rings is 1. The van der Waals surface area contributed by atoms with Gasteiger partial charge in [0, 0.05) is 52.1 Å². The zero-order chi connectivity index (χ0) is 20.4. The van der Waals surface area contributed by atoms with E-state index in [1.54, 1.807) is 15.9 Å². The number of hydrogen-bond donors (Lipinski definition) is 0. The van der Waals surface area contributed by atoms with Gasteiger partial charge >= 0.3 is 0 Å². The molecule has 0 atom stereocenters. The van der Waals surface area contributed by atoms with Crippen molar-refractivity contribution in [3.63, 3.8) is 0 Å². The van der Waals surface area contributed by atoms with Gasteiger partial charge in [-0.2, -0.15) is 4.31 Å². The number of fused-ring (bicyclic) bond motifs is 1. The number of hydrogen-bond acceptors (Lipinski definition) is 4. The highest BCUT2D eigenvalue weighted by Crippen LogP contribution is 2.26. The summed E-state index contributed by atoms with van der Waals surface area (Å²) in [5.41, 5.74) is 2.42. The van der Waals surface area contributed by atoms with Crippen LogP contribution in [0.3, 0.4) is 0 Å². The molecular weight excluding hydrogens is 390 g/mol. The van der Waals surface area contributed by atoms with Crippen molar-refractivity contribution in [3.8, 4) is 0 Å². The molecule has 0 saturated carbocycles. The van der Waals surface area contributed by atoms with Gasteiger partial charge in [0.15, 0.2) is 0 Å². The van der Waals surface area contributed by atoms with Crippen LogP contribution in [0.4, 0.5) is 0 Å². The SMILES string of the molecule is O=C1CCCN1CCC(=O)N1CCN(S(=O)(=O)c2ccc3c(c2)CCCC3)CC1. The first-order valence-corrected chi connectivity index (χ1v) is 12.1. The van der Waals surface area contributed by atoms with E-state index in [2.05, 4.69) is 0 Å². The Morgan fingerprint density at radius 2 is 1.62 bits per heavy atom. The van der Waals surface area contributed by atoms with E-state index in [9.17, 15) is 18.0 Å². The first-order chi connectivity index (χ1) is 13.9. The van der Waals surface area contributed by atoms with E-state index in [1.807, 2.05) is 12.1 Å².